The molecule has 1 amide bonds. The molecule has 0 spiro atoms. The molecule has 4 rings (SSSR count). The molecule has 0 bridgehead atoms. The smallest absolute Gasteiger partial charge is 0.407 e. The van der Waals surface area contributed by atoms with Crippen molar-refractivity contribution in [1.29, 1.82) is 0 Å². The van der Waals surface area contributed by atoms with Crippen molar-refractivity contribution in [3.8, 4) is 5.69 Å². The number of halogens is 2. The van der Waals surface area contributed by atoms with Crippen LogP contribution in [0.1, 0.15) is 37.6 Å². The van der Waals surface area contributed by atoms with Crippen molar-refractivity contribution >= 4 is 35.1 Å². The van der Waals surface area contributed by atoms with Crippen molar-refractivity contribution in [2.24, 2.45) is 0 Å². The molecule has 2 heterocycles. The van der Waals surface area contributed by atoms with Crippen LogP contribution in [-0.2, 0) is 11.3 Å². The largest absolute Gasteiger partial charge is 0.445 e. The van der Waals surface area contributed by atoms with Gasteiger partial charge in [-0.25, -0.2) is 9.78 Å². The van der Waals surface area contributed by atoms with Crippen LogP contribution < -0.4 is 15.8 Å². The van der Waals surface area contributed by atoms with Gasteiger partial charge < -0.3 is 15.0 Å². The molecule has 1 unspecified atom stereocenters. The number of hydrogen-bond donors (Lipinski definition) is 1. The van der Waals surface area contributed by atoms with Crippen molar-refractivity contribution in [2.45, 2.75) is 45.3 Å². The van der Waals surface area contributed by atoms with Gasteiger partial charge in [0.2, 0.25) is 0 Å². The summed E-state index contributed by atoms with van der Waals surface area (Å²) >= 11 is 12.5. The number of carbonyl (C=O) groups is 1. The van der Waals surface area contributed by atoms with Crippen LogP contribution in [0.4, 0.5) is 10.6 Å². The van der Waals surface area contributed by atoms with Gasteiger partial charge in [0.1, 0.15) is 18.2 Å². The maximum atomic E-state index is 13.0. The molecule has 0 aliphatic carbocycles. The first kappa shape index (κ1) is 25.1. The number of ether oxygens (including phenoxy) is 1. The molecule has 7 nitrogen and oxygen atoms in total. The first-order chi connectivity index (χ1) is 16.8. The Kier molecular flexibility index (Phi) is 7.67. The molecule has 1 aliphatic rings. The van der Waals surface area contributed by atoms with Crippen molar-refractivity contribution in [3.63, 3.8) is 0 Å². The van der Waals surface area contributed by atoms with Gasteiger partial charge in [-0.15, -0.1) is 0 Å². The fourth-order valence-electron chi connectivity index (χ4n) is 4.34. The molecule has 1 fully saturated rings. The standard InChI is InChI=1S/C26H28Cl2N4O3/c1-18-29-22(16-23(33)32(18)21-11-6-10-20(27)24(21)28)31-14-7-12-26(2,13-15-31)30-25(34)35-17-19-8-4-3-5-9-19/h3-6,8-11,16H,7,12-15,17H2,1-2H3,(H,30,34). The van der Waals surface area contributed by atoms with E-state index in [2.05, 4.69) is 10.2 Å². The van der Waals surface area contributed by atoms with Crippen LogP contribution in [0.15, 0.2) is 59.4 Å². The summed E-state index contributed by atoms with van der Waals surface area (Å²) in [6.07, 6.45) is 1.88. The Morgan fingerprint density at radius 3 is 2.63 bits per heavy atom. The summed E-state index contributed by atoms with van der Waals surface area (Å²) in [6, 6.07) is 16.3. The molecule has 9 heteroatoms. The Morgan fingerprint density at radius 2 is 1.89 bits per heavy atom. The summed E-state index contributed by atoms with van der Waals surface area (Å²) in [5.41, 5.74) is 0.796. The normalized spacial score (nSPS) is 18.1. The van der Waals surface area contributed by atoms with E-state index in [1.165, 1.54) is 10.6 Å². The highest BCUT2D eigenvalue weighted by Crippen LogP contribution is 2.29. The lowest BCUT2D eigenvalue weighted by Gasteiger charge is -2.29. The Balaban J connectivity index is 1.43. The Bertz CT molecular complexity index is 1270. The zero-order chi connectivity index (χ0) is 25.0. The highest BCUT2D eigenvalue weighted by atomic mass is 35.5. The minimum absolute atomic E-state index is 0.227. The first-order valence-electron chi connectivity index (χ1n) is 11.5. The monoisotopic (exact) mass is 514 g/mol. The lowest BCUT2D eigenvalue weighted by molar-refractivity contribution is 0.126. The number of aromatic nitrogens is 2. The number of amides is 1. The van der Waals surface area contributed by atoms with Crippen molar-refractivity contribution in [2.75, 3.05) is 18.0 Å². The van der Waals surface area contributed by atoms with E-state index in [0.717, 1.165) is 24.9 Å². The van der Waals surface area contributed by atoms with Crippen molar-refractivity contribution in [1.82, 2.24) is 14.9 Å². The van der Waals surface area contributed by atoms with Crippen molar-refractivity contribution in [3.05, 3.63) is 86.4 Å². The van der Waals surface area contributed by atoms with Crippen LogP contribution in [0.2, 0.25) is 10.0 Å². The number of rotatable bonds is 5. The third-order valence-electron chi connectivity index (χ3n) is 6.28. The van der Waals surface area contributed by atoms with Crippen LogP contribution in [0.5, 0.6) is 0 Å². The lowest BCUT2D eigenvalue weighted by atomic mass is 9.93. The predicted octanol–water partition coefficient (Wildman–Crippen LogP) is 5.52. The number of benzene rings is 2. The third kappa shape index (κ3) is 5.97. The van der Waals surface area contributed by atoms with E-state index in [0.29, 0.717) is 40.3 Å². The van der Waals surface area contributed by atoms with Crippen LogP contribution >= 0.6 is 23.2 Å². The Labute approximate surface area is 214 Å². The Hall–Kier alpha value is -3.03. The maximum absolute atomic E-state index is 13.0. The van der Waals surface area contributed by atoms with Gasteiger partial charge in [0, 0.05) is 24.7 Å². The van der Waals surface area contributed by atoms with Crippen molar-refractivity contribution < 1.29 is 9.53 Å². The Morgan fingerprint density at radius 1 is 1.11 bits per heavy atom. The van der Waals surface area contributed by atoms with E-state index in [-0.39, 0.29) is 12.2 Å². The van der Waals surface area contributed by atoms with E-state index >= 15 is 0 Å². The molecule has 1 aliphatic heterocycles. The second-order valence-electron chi connectivity index (χ2n) is 9.00. The van der Waals surface area contributed by atoms with Gasteiger partial charge in [-0.1, -0.05) is 59.6 Å². The number of alkyl carbamates (subject to hydrolysis) is 1. The quantitative estimate of drug-likeness (QED) is 0.484. The molecular formula is C26H28Cl2N4O3. The van der Waals surface area contributed by atoms with E-state index in [4.69, 9.17) is 32.9 Å². The number of hydrogen-bond acceptors (Lipinski definition) is 5. The topological polar surface area (TPSA) is 76.5 Å². The summed E-state index contributed by atoms with van der Waals surface area (Å²) in [5, 5.41) is 3.73. The zero-order valence-electron chi connectivity index (χ0n) is 19.8. The van der Waals surface area contributed by atoms with Crippen LogP contribution in [0, 0.1) is 6.92 Å². The molecule has 0 radical (unpaired) electrons. The van der Waals surface area contributed by atoms with Gasteiger partial charge in [-0.3, -0.25) is 9.36 Å². The molecular weight excluding hydrogens is 487 g/mol. The predicted molar refractivity (Wildman–Crippen MR) is 139 cm³/mol. The molecule has 1 N–H and O–H groups in total. The number of nitrogens with one attached hydrogen (secondary N) is 1. The van der Waals surface area contributed by atoms with E-state index in [1.54, 1.807) is 25.1 Å². The van der Waals surface area contributed by atoms with Gasteiger partial charge in [-0.05, 0) is 50.8 Å². The van der Waals surface area contributed by atoms with E-state index in [9.17, 15) is 9.59 Å². The summed E-state index contributed by atoms with van der Waals surface area (Å²) in [4.78, 5) is 32.3. The average Bonchev–Trinajstić information content (AvgIpc) is 3.02. The van der Waals surface area contributed by atoms with Gasteiger partial charge in [0.05, 0.1) is 15.7 Å². The summed E-state index contributed by atoms with van der Waals surface area (Å²) in [5.74, 6) is 1.13. The fourth-order valence-corrected chi connectivity index (χ4v) is 4.72. The molecule has 1 atom stereocenters. The van der Waals surface area contributed by atoms with Gasteiger partial charge in [-0.2, -0.15) is 0 Å². The molecule has 35 heavy (non-hydrogen) atoms. The molecule has 3 aromatic rings. The lowest BCUT2D eigenvalue weighted by Crippen LogP contribution is -2.46. The molecule has 2 aromatic carbocycles. The van der Waals surface area contributed by atoms with E-state index < -0.39 is 11.6 Å². The van der Waals surface area contributed by atoms with Gasteiger partial charge in [0.15, 0.2) is 0 Å². The SMILES string of the molecule is Cc1nc(N2CCCC(C)(NC(=O)OCc3ccccc3)CC2)cc(=O)n1-c1cccc(Cl)c1Cl. The number of carbonyl (C=O) groups excluding carboxylic acids is 1. The third-order valence-corrected chi connectivity index (χ3v) is 7.08. The van der Waals surface area contributed by atoms with Gasteiger partial charge >= 0.3 is 6.09 Å². The molecule has 1 saturated heterocycles. The average molecular weight is 515 g/mol. The number of nitrogens with zero attached hydrogens (tertiary/aromatic N) is 3. The second-order valence-corrected chi connectivity index (χ2v) is 9.78. The molecule has 184 valence electrons. The highest BCUT2D eigenvalue weighted by molar-refractivity contribution is 6.43. The number of aryl methyl sites for hydroxylation is 1. The fraction of sp³-hybridized carbons (Fsp3) is 0.346. The van der Waals surface area contributed by atoms with Gasteiger partial charge in [0.25, 0.3) is 5.56 Å². The summed E-state index contributed by atoms with van der Waals surface area (Å²) in [7, 11) is 0. The molecule has 0 saturated carbocycles. The van der Waals surface area contributed by atoms with Crippen LogP contribution in [0.25, 0.3) is 5.69 Å². The first-order valence-corrected chi connectivity index (χ1v) is 12.3. The minimum Gasteiger partial charge on any atom is -0.445 e. The van der Waals surface area contributed by atoms with Crippen LogP contribution in [-0.4, -0.2) is 34.3 Å². The number of anilines is 1. The highest BCUT2D eigenvalue weighted by Gasteiger charge is 2.31. The molecule has 1 aromatic heterocycles. The van der Waals surface area contributed by atoms with E-state index in [1.807, 2.05) is 37.3 Å². The second kappa shape index (κ2) is 10.7. The minimum atomic E-state index is -0.431. The zero-order valence-corrected chi connectivity index (χ0v) is 21.3. The summed E-state index contributed by atoms with van der Waals surface area (Å²) in [6.45, 7) is 5.39. The maximum Gasteiger partial charge on any atom is 0.407 e. The van der Waals surface area contributed by atoms with Crippen LogP contribution in [0.3, 0.4) is 0 Å². The summed E-state index contributed by atoms with van der Waals surface area (Å²) < 4.78 is 6.88.